The average Bonchev–Trinajstić information content (AvgIpc) is 2.97. The topological polar surface area (TPSA) is 45.2 Å². The molecule has 0 bridgehead atoms. The zero-order valence-corrected chi connectivity index (χ0v) is 13.5. The van der Waals surface area contributed by atoms with Crippen LogP contribution in [-0.4, -0.2) is 42.0 Å². The molecule has 19 heavy (non-hydrogen) atoms. The number of nitrogens with one attached hydrogen (secondary N) is 1. The molecule has 2 heterocycles. The number of carbonyl (C=O) groups excluding carboxylic acids is 1. The number of likely N-dealkylation sites (tertiary alicyclic amines) is 1. The molecular weight excluding hydrogens is 305 g/mol. The first-order valence-electron chi connectivity index (χ1n) is 6.12. The number of nitrogens with zero attached hydrogens (tertiary/aromatic N) is 2. The van der Waals surface area contributed by atoms with E-state index in [0.717, 1.165) is 38.0 Å². The molecule has 1 amide bonds. The zero-order valence-electron chi connectivity index (χ0n) is 11.0. The molecule has 1 N–H and O–H groups in total. The highest BCUT2D eigenvalue weighted by molar-refractivity contribution is 7.07. The fraction of sp³-hybridized carbons (Fsp3) is 0.667. The predicted octanol–water partition coefficient (Wildman–Crippen LogP) is 2.13. The van der Waals surface area contributed by atoms with E-state index in [4.69, 9.17) is 0 Å². The number of thiazole rings is 1. The molecule has 1 aromatic rings. The summed E-state index contributed by atoms with van der Waals surface area (Å²) >= 11 is 1.59. The summed E-state index contributed by atoms with van der Waals surface area (Å²) in [5.41, 5.74) is 2.85. The Morgan fingerprint density at radius 3 is 3.00 bits per heavy atom. The van der Waals surface area contributed by atoms with Crippen molar-refractivity contribution in [1.82, 2.24) is 15.2 Å². The van der Waals surface area contributed by atoms with Crippen LogP contribution in [0.1, 0.15) is 25.0 Å². The predicted molar refractivity (Wildman–Crippen MR) is 83.6 cm³/mol. The number of hydrogen-bond donors (Lipinski definition) is 1. The molecule has 1 aliphatic rings. The molecule has 1 fully saturated rings. The monoisotopic (exact) mass is 325 g/mol. The van der Waals surface area contributed by atoms with Crippen LogP contribution in [0.15, 0.2) is 10.9 Å². The molecular formula is C12H21Cl2N3OS. The van der Waals surface area contributed by atoms with Crippen molar-refractivity contribution in [2.45, 2.75) is 31.7 Å². The molecule has 0 spiro atoms. The van der Waals surface area contributed by atoms with Gasteiger partial charge in [0.2, 0.25) is 5.91 Å². The normalized spacial score (nSPS) is 17.7. The minimum Gasteiger partial charge on any atom is -0.338 e. The third kappa shape index (κ3) is 5.26. The Bertz CT molecular complexity index is 362. The van der Waals surface area contributed by atoms with Crippen LogP contribution in [0.3, 0.4) is 0 Å². The number of carbonyl (C=O) groups is 1. The van der Waals surface area contributed by atoms with Gasteiger partial charge in [0.25, 0.3) is 0 Å². The Morgan fingerprint density at radius 1 is 1.58 bits per heavy atom. The number of halogens is 2. The lowest BCUT2D eigenvalue weighted by atomic mass is 10.2. The smallest absolute Gasteiger partial charge is 0.223 e. The van der Waals surface area contributed by atoms with Gasteiger partial charge in [-0.1, -0.05) is 0 Å². The van der Waals surface area contributed by atoms with Gasteiger partial charge in [-0.3, -0.25) is 4.79 Å². The summed E-state index contributed by atoms with van der Waals surface area (Å²) in [6.45, 7) is 1.82. The Kier molecular flexibility index (Phi) is 9.35. The van der Waals surface area contributed by atoms with E-state index >= 15 is 0 Å². The number of hydrogen-bond acceptors (Lipinski definition) is 4. The van der Waals surface area contributed by atoms with E-state index in [2.05, 4.69) is 10.3 Å². The van der Waals surface area contributed by atoms with Gasteiger partial charge in [-0.25, -0.2) is 4.98 Å². The van der Waals surface area contributed by atoms with Gasteiger partial charge in [0.05, 0.1) is 11.2 Å². The summed E-state index contributed by atoms with van der Waals surface area (Å²) in [6.07, 6.45) is 3.62. The molecule has 0 saturated carbocycles. The second kappa shape index (κ2) is 9.53. The first kappa shape index (κ1) is 18.6. The summed E-state index contributed by atoms with van der Waals surface area (Å²) in [5.74, 6) is 0.274. The Morgan fingerprint density at radius 2 is 2.37 bits per heavy atom. The summed E-state index contributed by atoms with van der Waals surface area (Å²) in [6, 6.07) is 0.392. The van der Waals surface area contributed by atoms with Gasteiger partial charge in [0, 0.05) is 30.9 Å². The van der Waals surface area contributed by atoms with Crippen molar-refractivity contribution in [2.24, 2.45) is 0 Å². The van der Waals surface area contributed by atoms with E-state index < -0.39 is 0 Å². The molecule has 0 aromatic carbocycles. The molecule has 0 radical (unpaired) electrons. The number of likely N-dealkylation sites (N-methyl/N-ethyl adjacent to an activating group) is 1. The van der Waals surface area contributed by atoms with Crippen molar-refractivity contribution in [3.8, 4) is 0 Å². The second-order valence-corrected chi connectivity index (χ2v) is 5.14. The molecule has 1 unspecified atom stereocenters. The molecule has 1 aliphatic heterocycles. The lowest BCUT2D eigenvalue weighted by Crippen LogP contribution is -2.40. The van der Waals surface area contributed by atoms with Crippen molar-refractivity contribution in [3.05, 3.63) is 16.6 Å². The van der Waals surface area contributed by atoms with Crippen LogP contribution in [0.25, 0.3) is 0 Å². The SMILES string of the molecule is CNCC1CCCN1C(=O)CCc1cscn1.Cl.Cl. The van der Waals surface area contributed by atoms with Gasteiger partial charge in [-0.2, -0.15) is 0 Å². The van der Waals surface area contributed by atoms with Gasteiger partial charge in [0.15, 0.2) is 0 Å². The molecule has 110 valence electrons. The highest BCUT2D eigenvalue weighted by atomic mass is 35.5. The van der Waals surface area contributed by atoms with E-state index in [0.29, 0.717) is 12.5 Å². The largest absolute Gasteiger partial charge is 0.338 e. The van der Waals surface area contributed by atoms with Gasteiger partial charge in [-0.05, 0) is 26.3 Å². The van der Waals surface area contributed by atoms with Crippen molar-refractivity contribution in [3.63, 3.8) is 0 Å². The van der Waals surface area contributed by atoms with E-state index in [-0.39, 0.29) is 30.7 Å². The Balaban J connectivity index is 0.00000162. The number of amides is 1. The molecule has 1 aromatic heterocycles. The molecule has 1 saturated heterocycles. The maximum Gasteiger partial charge on any atom is 0.223 e. The summed E-state index contributed by atoms with van der Waals surface area (Å²) in [7, 11) is 1.94. The number of aryl methyl sites for hydroxylation is 1. The molecule has 2 rings (SSSR count). The number of aromatic nitrogens is 1. The van der Waals surface area contributed by atoms with Crippen LogP contribution < -0.4 is 5.32 Å². The van der Waals surface area contributed by atoms with Crippen LogP contribution in [0.4, 0.5) is 0 Å². The molecule has 1 atom stereocenters. The second-order valence-electron chi connectivity index (χ2n) is 4.42. The van der Waals surface area contributed by atoms with Crippen LogP contribution in [0.2, 0.25) is 0 Å². The fourth-order valence-electron chi connectivity index (χ4n) is 2.35. The maximum atomic E-state index is 12.1. The van der Waals surface area contributed by atoms with Crippen molar-refractivity contribution in [1.29, 1.82) is 0 Å². The first-order valence-corrected chi connectivity index (χ1v) is 7.06. The first-order chi connectivity index (χ1) is 8.31. The molecule has 7 heteroatoms. The van der Waals surface area contributed by atoms with E-state index in [1.807, 2.05) is 22.8 Å². The van der Waals surface area contributed by atoms with Gasteiger partial charge in [0.1, 0.15) is 0 Å². The van der Waals surface area contributed by atoms with E-state index in [9.17, 15) is 4.79 Å². The third-order valence-corrected chi connectivity index (χ3v) is 3.85. The van der Waals surface area contributed by atoms with E-state index in [1.165, 1.54) is 0 Å². The highest BCUT2D eigenvalue weighted by Crippen LogP contribution is 2.18. The lowest BCUT2D eigenvalue weighted by Gasteiger charge is -2.24. The van der Waals surface area contributed by atoms with Gasteiger partial charge >= 0.3 is 0 Å². The summed E-state index contributed by atoms with van der Waals surface area (Å²) in [5, 5.41) is 5.18. The molecule has 4 nitrogen and oxygen atoms in total. The summed E-state index contributed by atoms with van der Waals surface area (Å²) in [4.78, 5) is 18.3. The van der Waals surface area contributed by atoms with E-state index in [1.54, 1.807) is 11.3 Å². The van der Waals surface area contributed by atoms with Crippen LogP contribution in [0.5, 0.6) is 0 Å². The van der Waals surface area contributed by atoms with Crippen LogP contribution in [-0.2, 0) is 11.2 Å². The minimum atomic E-state index is 0. The van der Waals surface area contributed by atoms with Crippen LogP contribution >= 0.6 is 36.2 Å². The molecule has 0 aliphatic carbocycles. The standard InChI is InChI=1S/C12H19N3OS.2ClH/c1-13-7-11-3-2-6-15(11)12(16)5-4-10-8-17-9-14-10;;/h8-9,11,13H,2-7H2,1H3;2*1H. The maximum absolute atomic E-state index is 12.1. The third-order valence-electron chi connectivity index (χ3n) is 3.22. The lowest BCUT2D eigenvalue weighted by molar-refractivity contribution is -0.131. The average molecular weight is 326 g/mol. The summed E-state index contributed by atoms with van der Waals surface area (Å²) < 4.78 is 0. The van der Waals surface area contributed by atoms with Crippen LogP contribution in [0, 0.1) is 0 Å². The Labute approximate surface area is 130 Å². The van der Waals surface area contributed by atoms with Crippen molar-refractivity contribution < 1.29 is 4.79 Å². The highest BCUT2D eigenvalue weighted by Gasteiger charge is 2.27. The van der Waals surface area contributed by atoms with Gasteiger partial charge in [-0.15, -0.1) is 36.2 Å². The van der Waals surface area contributed by atoms with Crippen molar-refractivity contribution in [2.75, 3.05) is 20.1 Å². The van der Waals surface area contributed by atoms with Gasteiger partial charge < -0.3 is 10.2 Å². The zero-order chi connectivity index (χ0) is 12.1. The number of rotatable bonds is 5. The Hall–Kier alpha value is -0.360. The minimum absolute atomic E-state index is 0. The van der Waals surface area contributed by atoms with Crippen molar-refractivity contribution >= 4 is 42.1 Å². The quantitative estimate of drug-likeness (QED) is 0.902. The fourth-order valence-corrected chi connectivity index (χ4v) is 2.94.